The lowest BCUT2D eigenvalue weighted by Gasteiger charge is -2.39. The smallest absolute Gasteiger partial charge is 0.225 e. The van der Waals surface area contributed by atoms with E-state index in [0.717, 1.165) is 6.41 Å². The molecule has 1 heterocycles. The monoisotopic (exact) mass is 198 g/mol. The van der Waals surface area contributed by atoms with Gasteiger partial charge in [0, 0.05) is 31.6 Å². The third-order valence-electron chi connectivity index (χ3n) is 2.58. The van der Waals surface area contributed by atoms with Crippen LogP contribution in [0.5, 0.6) is 0 Å². The minimum absolute atomic E-state index is 0.0419. The van der Waals surface area contributed by atoms with Crippen LogP contribution in [0.15, 0.2) is 0 Å². The highest BCUT2D eigenvalue weighted by Gasteiger charge is 2.27. The summed E-state index contributed by atoms with van der Waals surface area (Å²) in [5.41, 5.74) is 0. The molecule has 2 amide bonds. The molecule has 14 heavy (non-hydrogen) atoms. The molecule has 4 heteroatoms. The van der Waals surface area contributed by atoms with E-state index in [1.807, 2.05) is 25.7 Å². The zero-order chi connectivity index (χ0) is 10.7. The van der Waals surface area contributed by atoms with Crippen LogP contribution in [-0.4, -0.2) is 47.8 Å². The van der Waals surface area contributed by atoms with Crippen LogP contribution in [0, 0.1) is 5.92 Å². The van der Waals surface area contributed by atoms with Crippen molar-refractivity contribution < 1.29 is 9.59 Å². The Balaban J connectivity index is 2.57. The fourth-order valence-electron chi connectivity index (χ4n) is 1.74. The van der Waals surface area contributed by atoms with Crippen molar-refractivity contribution in [1.82, 2.24) is 9.80 Å². The van der Waals surface area contributed by atoms with Gasteiger partial charge in [0.05, 0.1) is 0 Å². The number of carbonyl (C=O) groups excluding carboxylic acids is 2. The second-order valence-electron chi connectivity index (χ2n) is 4.14. The molecule has 0 spiro atoms. The molecule has 0 aromatic heterocycles. The summed E-state index contributed by atoms with van der Waals surface area (Å²) in [6.07, 6.45) is 0.855. The summed E-state index contributed by atoms with van der Waals surface area (Å²) in [5.74, 6) is 0.225. The van der Waals surface area contributed by atoms with Crippen LogP contribution in [0.2, 0.25) is 0 Å². The summed E-state index contributed by atoms with van der Waals surface area (Å²) >= 11 is 0. The molecule has 4 nitrogen and oxygen atoms in total. The molecule has 1 aliphatic rings. The summed E-state index contributed by atoms with van der Waals surface area (Å²) in [6, 6.07) is 0.142. The molecule has 80 valence electrons. The number of carbonyl (C=O) groups is 2. The van der Waals surface area contributed by atoms with Gasteiger partial charge in [0.2, 0.25) is 12.3 Å². The predicted octanol–water partition coefficient (Wildman–Crippen LogP) is 0.331. The Labute approximate surface area is 84.9 Å². The maximum Gasteiger partial charge on any atom is 0.225 e. The van der Waals surface area contributed by atoms with Crippen molar-refractivity contribution in [3.63, 3.8) is 0 Å². The second-order valence-corrected chi connectivity index (χ2v) is 4.14. The van der Waals surface area contributed by atoms with Crippen molar-refractivity contribution in [2.24, 2.45) is 5.92 Å². The van der Waals surface area contributed by atoms with Crippen LogP contribution < -0.4 is 0 Å². The van der Waals surface area contributed by atoms with Gasteiger partial charge in [-0.1, -0.05) is 13.8 Å². The lowest BCUT2D eigenvalue weighted by atomic mass is 10.1. The highest BCUT2D eigenvalue weighted by Crippen LogP contribution is 2.11. The topological polar surface area (TPSA) is 40.6 Å². The third kappa shape index (κ3) is 2.25. The molecule has 0 bridgehead atoms. The molecule has 1 saturated heterocycles. The van der Waals surface area contributed by atoms with E-state index in [-0.39, 0.29) is 17.9 Å². The number of hydrogen-bond donors (Lipinski definition) is 0. The molecule has 1 rings (SSSR count). The van der Waals surface area contributed by atoms with E-state index in [1.165, 1.54) is 0 Å². The maximum atomic E-state index is 11.7. The van der Waals surface area contributed by atoms with Gasteiger partial charge in [0.1, 0.15) is 0 Å². The van der Waals surface area contributed by atoms with Crippen molar-refractivity contribution >= 4 is 12.3 Å². The van der Waals surface area contributed by atoms with Crippen LogP contribution in [-0.2, 0) is 9.59 Å². The molecule has 1 fully saturated rings. The molecule has 0 saturated carbocycles. The summed E-state index contributed by atoms with van der Waals surface area (Å²) < 4.78 is 0. The average Bonchev–Trinajstić information content (AvgIpc) is 2.16. The fraction of sp³-hybridized carbons (Fsp3) is 0.800. The van der Waals surface area contributed by atoms with Gasteiger partial charge >= 0.3 is 0 Å². The van der Waals surface area contributed by atoms with Crippen LogP contribution >= 0.6 is 0 Å². The normalized spacial score (nSPS) is 22.7. The molecule has 1 aliphatic heterocycles. The zero-order valence-corrected chi connectivity index (χ0v) is 9.06. The van der Waals surface area contributed by atoms with Crippen LogP contribution in [0.3, 0.4) is 0 Å². The predicted molar refractivity (Wildman–Crippen MR) is 53.7 cm³/mol. The Morgan fingerprint density at radius 2 is 2.07 bits per heavy atom. The molecule has 0 aromatic rings. The van der Waals surface area contributed by atoms with E-state index in [1.54, 1.807) is 4.90 Å². The molecule has 0 aromatic carbocycles. The molecule has 0 N–H and O–H groups in total. The second kappa shape index (κ2) is 4.44. The Bertz CT molecular complexity index is 228. The van der Waals surface area contributed by atoms with Gasteiger partial charge in [-0.25, -0.2) is 0 Å². The highest BCUT2D eigenvalue weighted by atomic mass is 16.2. The first kappa shape index (κ1) is 11.0. The molecule has 0 radical (unpaired) electrons. The van der Waals surface area contributed by atoms with Gasteiger partial charge in [0.25, 0.3) is 0 Å². The molecule has 1 atom stereocenters. The van der Waals surface area contributed by atoms with Crippen LogP contribution in [0.25, 0.3) is 0 Å². The number of hydrogen-bond acceptors (Lipinski definition) is 2. The van der Waals surface area contributed by atoms with Crippen LogP contribution in [0.1, 0.15) is 20.8 Å². The summed E-state index contributed by atoms with van der Waals surface area (Å²) in [7, 11) is 0. The number of rotatable bonds is 2. The molecular weight excluding hydrogens is 180 g/mol. The Hall–Kier alpha value is -1.06. The van der Waals surface area contributed by atoms with Crippen molar-refractivity contribution in [2.45, 2.75) is 26.8 Å². The van der Waals surface area contributed by atoms with Crippen molar-refractivity contribution in [2.75, 3.05) is 19.6 Å². The van der Waals surface area contributed by atoms with E-state index < -0.39 is 0 Å². The lowest BCUT2D eigenvalue weighted by Crippen LogP contribution is -2.54. The third-order valence-corrected chi connectivity index (χ3v) is 2.58. The van der Waals surface area contributed by atoms with E-state index in [4.69, 9.17) is 0 Å². The number of piperazine rings is 1. The van der Waals surface area contributed by atoms with Crippen LogP contribution in [0.4, 0.5) is 0 Å². The quantitative estimate of drug-likeness (QED) is 0.600. The van der Waals surface area contributed by atoms with E-state index in [2.05, 4.69) is 0 Å². The molecular formula is C10H18N2O2. The molecule has 1 unspecified atom stereocenters. The van der Waals surface area contributed by atoms with Gasteiger partial charge in [-0.05, 0) is 6.92 Å². The minimum atomic E-state index is 0.0419. The summed E-state index contributed by atoms with van der Waals surface area (Å²) in [6.45, 7) is 7.77. The number of nitrogens with zero attached hydrogens (tertiary/aromatic N) is 2. The fourth-order valence-corrected chi connectivity index (χ4v) is 1.74. The largest absolute Gasteiger partial charge is 0.341 e. The van der Waals surface area contributed by atoms with E-state index in [9.17, 15) is 9.59 Å². The number of amides is 2. The van der Waals surface area contributed by atoms with E-state index in [0.29, 0.717) is 19.6 Å². The van der Waals surface area contributed by atoms with Crippen molar-refractivity contribution in [3.8, 4) is 0 Å². The van der Waals surface area contributed by atoms with Crippen molar-refractivity contribution in [1.29, 1.82) is 0 Å². The first-order chi connectivity index (χ1) is 6.56. The van der Waals surface area contributed by atoms with Gasteiger partial charge in [-0.15, -0.1) is 0 Å². The Morgan fingerprint density at radius 3 is 2.50 bits per heavy atom. The van der Waals surface area contributed by atoms with Gasteiger partial charge in [-0.2, -0.15) is 0 Å². The Morgan fingerprint density at radius 1 is 1.43 bits per heavy atom. The van der Waals surface area contributed by atoms with Gasteiger partial charge in [-0.3, -0.25) is 9.59 Å². The Kier molecular flexibility index (Phi) is 3.49. The summed E-state index contributed by atoms with van der Waals surface area (Å²) in [4.78, 5) is 25.8. The minimum Gasteiger partial charge on any atom is -0.341 e. The highest BCUT2D eigenvalue weighted by molar-refractivity contribution is 5.78. The first-order valence-electron chi connectivity index (χ1n) is 5.06. The van der Waals surface area contributed by atoms with Gasteiger partial charge in [0.15, 0.2) is 0 Å². The zero-order valence-electron chi connectivity index (χ0n) is 9.06. The molecule has 0 aliphatic carbocycles. The first-order valence-corrected chi connectivity index (χ1v) is 5.06. The standard InChI is InChI=1S/C10H18N2O2/c1-8(2)10(14)12-5-4-11(7-13)6-9(12)3/h7-9H,4-6H2,1-3H3. The lowest BCUT2D eigenvalue weighted by molar-refractivity contribution is -0.141. The van der Waals surface area contributed by atoms with Gasteiger partial charge < -0.3 is 9.80 Å². The maximum absolute atomic E-state index is 11.7. The van der Waals surface area contributed by atoms with Crippen molar-refractivity contribution in [3.05, 3.63) is 0 Å². The summed E-state index contributed by atoms with van der Waals surface area (Å²) in [5, 5.41) is 0. The SMILES string of the molecule is CC(C)C(=O)N1CCN(C=O)CC1C. The average molecular weight is 198 g/mol. The van der Waals surface area contributed by atoms with E-state index >= 15 is 0 Å².